The molecule has 2 rings (SSSR count). The molecule has 2 N–H and O–H groups in total. The molecular formula is C17H18N2O3. The molecule has 2 amide bonds. The van der Waals surface area contributed by atoms with Crippen molar-refractivity contribution < 1.29 is 14.3 Å². The van der Waals surface area contributed by atoms with Gasteiger partial charge in [-0.25, -0.2) is 0 Å². The maximum Gasteiger partial charge on any atom is 0.313 e. The van der Waals surface area contributed by atoms with Crippen LogP contribution >= 0.6 is 0 Å². The van der Waals surface area contributed by atoms with Crippen LogP contribution in [0.2, 0.25) is 0 Å². The standard InChI is InChI=1S/C17H18N2O3/c1-22-15-9-5-6-13(12-15)10-11-18-16(20)17(21)19-14-7-3-2-4-8-14/h2-9,12H,10-11H2,1H3,(H,18,20)(H,19,21). The molecule has 5 heteroatoms. The maximum absolute atomic E-state index is 11.7. The lowest BCUT2D eigenvalue weighted by Crippen LogP contribution is -2.36. The van der Waals surface area contributed by atoms with E-state index in [2.05, 4.69) is 10.6 Å². The first-order chi connectivity index (χ1) is 10.7. The molecule has 0 aliphatic rings. The normalized spacial score (nSPS) is 9.86. The van der Waals surface area contributed by atoms with Crippen molar-refractivity contribution in [3.63, 3.8) is 0 Å². The Balaban J connectivity index is 1.78. The van der Waals surface area contributed by atoms with Gasteiger partial charge in [0.05, 0.1) is 7.11 Å². The molecule has 0 bridgehead atoms. The number of methoxy groups -OCH3 is 1. The third kappa shape index (κ3) is 4.63. The lowest BCUT2D eigenvalue weighted by atomic mass is 10.1. The molecule has 0 aliphatic carbocycles. The molecule has 0 unspecified atom stereocenters. The van der Waals surface area contributed by atoms with Gasteiger partial charge in [-0.1, -0.05) is 30.3 Å². The van der Waals surface area contributed by atoms with Gasteiger partial charge in [0.2, 0.25) is 0 Å². The first-order valence-corrected chi connectivity index (χ1v) is 6.96. The average molecular weight is 298 g/mol. The van der Waals surface area contributed by atoms with E-state index in [1.807, 2.05) is 30.3 Å². The van der Waals surface area contributed by atoms with Crippen LogP contribution in [0.25, 0.3) is 0 Å². The van der Waals surface area contributed by atoms with Crippen LogP contribution in [0.1, 0.15) is 5.56 Å². The van der Waals surface area contributed by atoms with Gasteiger partial charge in [0.25, 0.3) is 0 Å². The van der Waals surface area contributed by atoms with E-state index in [9.17, 15) is 9.59 Å². The van der Waals surface area contributed by atoms with E-state index < -0.39 is 11.8 Å². The van der Waals surface area contributed by atoms with Gasteiger partial charge >= 0.3 is 11.8 Å². The number of carbonyl (C=O) groups is 2. The summed E-state index contributed by atoms with van der Waals surface area (Å²) < 4.78 is 5.14. The minimum atomic E-state index is -0.670. The van der Waals surface area contributed by atoms with Crippen LogP contribution in [0.15, 0.2) is 54.6 Å². The molecule has 0 saturated heterocycles. The fourth-order valence-corrected chi connectivity index (χ4v) is 1.94. The van der Waals surface area contributed by atoms with E-state index in [4.69, 9.17) is 4.74 Å². The van der Waals surface area contributed by atoms with E-state index in [1.54, 1.807) is 31.4 Å². The van der Waals surface area contributed by atoms with Gasteiger partial charge in [-0.3, -0.25) is 9.59 Å². The van der Waals surface area contributed by atoms with E-state index in [-0.39, 0.29) is 0 Å². The van der Waals surface area contributed by atoms with Crippen molar-refractivity contribution in [2.45, 2.75) is 6.42 Å². The highest BCUT2D eigenvalue weighted by atomic mass is 16.5. The lowest BCUT2D eigenvalue weighted by Gasteiger charge is -2.07. The highest BCUT2D eigenvalue weighted by Gasteiger charge is 2.12. The van der Waals surface area contributed by atoms with Gasteiger partial charge in [0.1, 0.15) is 5.75 Å². The third-order valence-corrected chi connectivity index (χ3v) is 3.07. The van der Waals surface area contributed by atoms with Crippen molar-refractivity contribution in [2.75, 3.05) is 19.0 Å². The largest absolute Gasteiger partial charge is 0.497 e. The zero-order valence-corrected chi connectivity index (χ0v) is 12.3. The first-order valence-electron chi connectivity index (χ1n) is 6.96. The number of benzene rings is 2. The average Bonchev–Trinajstić information content (AvgIpc) is 2.56. The number of nitrogens with one attached hydrogen (secondary N) is 2. The van der Waals surface area contributed by atoms with E-state index in [0.717, 1.165) is 11.3 Å². The molecule has 0 saturated carbocycles. The van der Waals surface area contributed by atoms with Crippen LogP contribution in [-0.4, -0.2) is 25.5 Å². The van der Waals surface area contributed by atoms with Crippen LogP contribution < -0.4 is 15.4 Å². The summed E-state index contributed by atoms with van der Waals surface area (Å²) in [4.78, 5) is 23.4. The molecule has 0 heterocycles. The second-order valence-electron chi connectivity index (χ2n) is 4.68. The van der Waals surface area contributed by atoms with Crippen molar-refractivity contribution >= 4 is 17.5 Å². The molecule has 0 fully saturated rings. The highest BCUT2D eigenvalue weighted by molar-refractivity contribution is 6.39. The number of hydrogen-bond donors (Lipinski definition) is 2. The molecule has 0 radical (unpaired) electrons. The summed E-state index contributed by atoms with van der Waals surface area (Å²) in [5, 5.41) is 5.13. The lowest BCUT2D eigenvalue weighted by molar-refractivity contribution is -0.136. The monoisotopic (exact) mass is 298 g/mol. The molecule has 114 valence electrons. The maximum atomic E-state index is 11.7. The zero-order valence-electron chi connectivity index (χ0n) is 12.3. The van der Waals surface area contributed by atoms with Gasteiger partial charge < -0.3 is 15.4 Å². The fourth-order valence-electron chi connectivity index (χ4n) is 1.94. The van der Waals surface area contributed by atoms with Gasteiger partial charge in [0, 0.05) is 12.2 Å². The zero-order chi connectivity index (χ0) is 15.8. The number of rotatable bonds is 5. The van der Waals surface area contributed by atoms with Gasteiger partial charge in [-0.15, -0.1) is 0 Å². The Kier molecular flexibility index (Phi) is 5.54. The van der Waals surface area contributed by atoms with E-state index in [1.165, 1.54) is 0 Å². The summed E-state index contributed by atoms with van der Waals surface area (Å²) in [6.45, 7) is 0.383. The number of ether oxygens (including phenoxy) is 1. The molecular weight excluding hydrogens is 280 g/mol. The van der Waals surface area contributed by atoms with Crippen molar-refractivity contribution in [1.82, 2.24) is 5.32 Å². The first kappa shape index (κ1) is 15.6. The fraction of sp³-hybridized carbons (Fsp3) is 0.176. The molecule has 5 nitrogen and oxygen atoms in total. The number of hydrogen-bond acceptors (Lipinski definition) is 3. The number of para-hydroxylation sites is 1. The van der Waals surface area contributed by atoms with Gasteiger partial charge in [0.15, 0.2) is 0 Å². The Morgan fingerprint density at radius 1 is 1.00 bits per heavy atom. The molecule has 0 spiro atoms. The van der Waals surface area contributed by atoms with Crippen LogP contribution in [0.3, 0.4) is 0 Å². The van der Waals surface area contributed by atoms with Crippen LogP contribution in [-0.2, 0) is 16.0 Å². The minimum Gasteiger partial charge on any atom is -0.497 e. The Bertz CT molecular complexity index is 641. The van der Waals surface area contributed by atoms with E-state index in [0.29, 0.717) is 18.7 Å². The summed E-state index contributed by atoms with van der Waals surface area (Å²) in [7, 11) is 1.61. The number of anilines is 1. The Morgan fingerprint density at radius 2 is 1.77 bits per heavy atom. The van der Waals surface area contributed by atoms with Gasteiger partial charge in [-0.2, -0.15) is 0 Å². The van der Waals surface area contributed by atoms with Crippen molar-refractivity contribution in [3.05, 3.63) is 60.2 Å². The second-order valence-corrected chi connectivity index (χ2v) is 4.68. The van der Waals surface area contributed by atoms with Crippen molar-refractivity contribution in [3.8, 4) is 5.75 Å². The Morgan fingerprint density at radius 3 is 2.50 bits per heavy atom. The molecule has 2 aromatic rings. The van der Waals surface area contributed by atoms with Crippen molar-refractivity contribution in [1.29, 1.82) is 0 Å². The molecule has 2 aromatic carbocycles. The highest BCUT2D eigenvalue weighted by Crippen LogP contribution is 2.12. The molecule has 0 aromatic heterocycles. The van der Waals surface area contributed by atoms with Crippen LogP contribution in [0, 0.1) is 0 Å². The summed E-state index contributed by atoms with van der Waals surface area (Å²) in [6, 6.07) is 16.4. The Labute approximate surface area is 129 Å². The van der Waals surface area contributed by atoms with Crippen molar-refractivity contribution in [2.24, 2.45) is 0 Å². The minimum absolute atomic E-state index is 0.383. The third-order valence-electron chi connectivity index (χ3n) is 3.07. The summed E-state index contributed by atoms with van der Waals surface area (Å²) >= 11 is 0. The summed E-state index contributed by atoms with van der Waals surface area (Å²) in [6.07, 6.45) is 0.627. The predicted octanol–water partition coefficient (Wildman–Crippen LogP) is 1.99. The van der Waals surface area contributed by atoms with Crippen LogP contribution in [0.5, 0.6) is 5.75 Å². The molecule has 22 heavy (non-hydrogen) atoms. The van der Waals surface area contributed by atoms with Crippen LogP contribution in [0.4, 0.5) is 5.69 Å². The number of amides is 2. The quantitative estimate of drug-likeness (QED) is 0.830. The summed E-state index contributed by atoms with van der Waals surface area (Å²) in [5.74, 6) is -0.547. The van der Waals surface area contributed by atoms with Gasteiger partial charge in [-0.05, 0) is 36.2 Å². The van der Waals surface area contributed by atoms with E-state index >= 15 is 0 Å². The summed E-state index contributed by atoms with van der Waals surface area (Å²) in [5.41, 5.74) is 1.62. The smallest absolute Gasteiger partial charge is 0.313 e. The topological polar surface area (TPSA) is 67.4 Å². The molecule has 0 aliphatic heterocycles. The number of carbonyl (C=O) groups excluding carboxylic acids is 2. The second kappa shape index (κ2) is 7.83. The SMILES string of the molecule is COc1cccc(CCNC(=O)C(=O)Nc2ccccc2)c1. The molecule has 0 atom stereocenters. The predicted molar refractivity (Wildman–Crippen MR) is 84.8 cm³/mol. The Hall–Kier alpha value is -2.82.